The summed E-state index contributed by atoms with van der Waals surface area (Å²) in [7, 11) is 0. The van der Waals surface area contributed by atoms with Gasteiger partial charge in [-0.15, -0.1) is 10.2 Å². The molecule has 1 aromatic heterocycles. The molecule has 7 heteroatoms. The number of halogens is 1. The quantitative estimate of drug-likeness (QED) is 0.928. The summed E-state index contributed by atoms with van der Waals surface area (Å²) in [6, 6.07) is 7.79. The van der Waals surface area contributed by atoms with Crippen molar-refractivity contribution in [2.24, 2.45) is 11.7 Å². The number of primary amides is 1. The van der Waals surface area contributed by atoms with Gasteiger partial charge in [-0.1, -0.05) is 23.7 Å². The van der Waals surface area contributed by atoms with Crippen molar-refractivity contribution in [2.45, 2.75) is 26.3 Å². The molecule has 0 bridgehead atoms. The largest absolute Gasteiger partial charge is 0.369 e. The number of nitrogens with zero attached hydrogens (tertiary/aromatic N) is 4. The zero-order chi connectivity index (χ0) is 16.4. The zero-order valence-corrected chi connectivity index (χ0v) is 13.8. The number of aryl methyl sites for hydroxylation is 1. The van der Waals surface area contributed by atoms with Gasteiger partial charge in [-0.25, -0.2) is 0 Å². The first-order valence-electron chi connectivity index (χ1n) is 7.73. The zero-order valence-electron chi connectivity index (χ0n) is 13.1. The minimum Gasteiger partial charge on any atom is -0.369 e. The molecule has 2 aromatic rings. The van der Waals surface area contributed by atoms with E-state index in [9.17, 15) is 4.79 Å². The number of carbonyl (C=O) groups is 1. The van der Waals surface area contributed by atoms with E-state index in [1.54, 1.807) is 0 Å². The Labute approximate surface area is 140 Å². The first-order chi connectivity index (χ1) is 11.0. The summed E-state index contributed by atoms with van der Waals surface area (Å²) in [5.74, 6) is 1.46. The lowest BCUT2D eigenvalue weighted by Crippen LogP contribution is -2.39. The third kappa shape index (κ3) is 3.47. The van der Waals surface area contributed by atoms with Crippen molar-refractivity contribution in [1.29, 1.82) is 0 Å². The summed E-state index contributed by atoms with van der Waals surface area (Å²) < 4.78 is 2.08. The Kier molecular flexibility index (Phi) is 4.52. The SMILES string of the molecule is Cc1nnc(N2CCC(C(N)=O)CC2)n1Cc1cccc(Cl)c1. The smallest absolute Gasteiger partial charge is 0.227 e. The highest BCUT2D eigenvalue weighted by atomic mass is 35.5. The van der Waals surface area contributed by atoms with Crippen LogP contribution in [0.3, 0.4) is 0 Å². The Morgan fingerprint density at radius 2 is 2.09 bits per heavy atom. The van der Waals surface area contributed by atoms with E-state index in [1.807, 2.05) is 31.2 Å². The molecular formula is C16H20ClN5O. The molecule has 1 aromatic carbocycles. The molecule has 3 rings (SSSR count). The fraction of sp³-hybridized carbons (Fsp3) is 0.438. The monoisotopic (exact) mass is 333 g/mol. The summed E-state index contributed by atoms with van der Waals surface area (Å²) in [6.07, 6.45) is 1.52. The van der Waals surface area contributed by atoms with Crippen molar-refractivity contribution in [2.75, 3.05) is 18.0 Å². The van der Waals surface area contributed by atoms with Crippen LogP contribution in [0.25, 0.3) is 0 Å². The maximum absolute atomic E-state index is 11.3. The first-order valence-corrected chi connectivity index (χ1v) is 8.11. The highest BCUT2D eigenvalue weighted by Gasteiger charge is 2.26. The van der Waals surface area contributed by atoms with E-state index in [1.165, 1.54) is 0 Å². The molecule has 1 amide bonds. The van der Waals surface area contributed by atoms with Crippen molar-refractivity contribution in [1.82, 2.24) is 14.8 Å². The van der Waals surface area contributed by atoms with Gasteiger partial charge in [-0.05, 0) is 37.5 Å². The molecular weight excluding hydrogens is 314 g/mol. The third-order valence-corrected chi connectivity index (χ3v) is 4.56. The standard InChI is InChI=1S/C16H20ClN5O/c1-11-19-20-16(21-7-5-13(6-8-21)15(18)23)22(11)10-12-3-2-4-14(17)9-12/h2-4,9,13H,5-8,10H2,1H3,(H2,18,23). The maximum atomic E-state index is 11.3. The molecule has 2 N–H and O–H groups in total. The Balaban J connectivity index is 1.78. The van der Waals surface area contributed by atoms with E-state index in [0.29, 0.717) is 6.54 Å². The van der Waals surface area contributed by atoms with Gasteiger partial charge in [-0.3, -0.25) is 9.36 Å². The number of rotatable bonds is 4. The van der Waals surface area contributed by atoms with Crippen LogP contribution in [-0.4, -0.2) is 33.8 Å². The highest BCUT2D eigenvalue weighted by Crippen LogP contribution is 2.23. The van der Waals surface area contributed by atoms with Crippen LogP contribution in [0.5, 0.6) is 0 Å². The molecule has 6 nitrogen and oxygen atoms in total. The van der Waals surface area contributed by atoms with Gasteiger partial charge in [0.15, 0.2) is 0 Å². The number of piperidine rings is 1. The number of aromatic nitrogens is 3. The van der Waals surface area contributed by atoms with Crippen molar-refractivity contribution in [3.05, 3.63) is 40.7 Å². The number of benzene rings is 1. The van der Waals surface area contributed by atoms with Crippen LogP contribution in [0.2, 0.25) is 5.02 Å². The summed E-state index contributed by atoms with van der Waals surface area (Å²) >= 11 is 6.06. The van der Waals surface area contributed by atoms with E-state index >= 15 is 0 Å². The molecule has 2 heterocycles. The normalized spacial score (nSPS) is 15.8. The van der Waals surface area contributed by atoms with Gasteiger partial charge >= 0.3 is 0 Å². The van der Waals surface area contributed by atoms with Crippen LogP contribution in [-0.2, 0) is 11.3 Å². The summed E-state index contributed by atoms with van der Waals surface area (Å²) in [5, 5.41) is 9.25. The molecule has 0 unspecified atom stereocenters. The molecule has 1 aliphatic heterocycles. The van der Waals surface area contributed by atoms with Crippen molar-refractivity contribution in [3.8, 4) is 0 Å². The summed E-state index contributed by atoms with van der Waals surface area (Å²) in [5.41, 5.74) is 6.50. The molecule has 1 aliphatic rings. The number of carbonyl (C=O) groups excluding carboxylic acids is 1. The van der Waals surface area contributed by atoms with Crippen molar-refractivity contribution in [3.63, 3.8) is 0 Å². The second-order valence-corrected chi connectivity index (χ2v) is 6.36. The molecule has 1 fully saturated rings. The second-order valence-electron chi connectivity index (χ2n) is 5.93. The topological polar surface area (TPSA) is 77.0 Å². The van der Waals surface area contributed by atoms with Crippen molar-refractivity contribution < 1.29 is 4.79 Å². The highest BCUT2D eigenvalue weighted by molar-refractivity contribution is 6.30. The van der Waals surface area contributed by atoms with Crippen LogP contribution in [0.1, 0.15) is 24.2 Å². The number of amides is 1. The van der Waals surface area contributed by atoms with Gasteiger partial charge in [0.1, 0.15) is 5.82 Å². The lowest BCUT2D eigenvalue weighted by atomic mass is 9.96. The molecule has 1 saturated heterocycles. The maximum Gasteiger partial charge on any atom is 0.227 e. The second kappa shape index (κ2) is 6.58. The predicted octanol–water partition coefficient (Wildman–Crippen LogP) is 1.99. The third-order valence-electron chi connectivity index (χ3n) is 4.33. The Hall–Kier alpha value is -2.08. The predicted molar refractivity (Wildman–Crippen MR) is 89.4 cm³/mol. The van der Waals surface area contributed by atoms with Crippen LogP contribution in [0.4, 0.5) is 5.95 Å². The van der Waals surface area contributed by atoms with E-state index in [0.717, 1.165) is 48.3 Å². The van der Waals surface area contributed by atoms with E-state index in [2.05, 4.69) is 19.7 Å². The molecule has 0 radical (unpaired) electrons. The van der Waals surface area contributed by atoms with Crippen molar-refractivity contribution >= 4 is 23.5 Å². The average Bonchev–Trinajstić information content (AvgIpc) is 2.88. The molecule has 23 heavy (non-hydrogen) atoms. The van der Waals surface area contributed by atoms with Crippen LogP contribution in [0.15, 0.2) is 24.3 Å². The lowest BCUT2D eigenvalue weighted by Gasteiger charge is -2.31. The Morgan fingerprint density at radius 3 is 2.74 bits per heavy atom. The number of nitrogens with two attached hydrogens (primary N) is 1. The van der Waals surface area contributed by atoms with E-state index in [4.69, 9.17) is 17.3 Å². The first kappa shape index (κ1) is 15.8. The van der Waals surface area contributed by atoms with Crippen LogP contribution >= 0.6 is 11.6 Å². The van der Waals surface area contributed by atoms with Gasteiger partial charge in [0, 0.05) is 24.0 Å². The molecule has 0 spiro atoms. The minimum atomic E-state index is -0.207. The number of hydrogen-bond donors (Lipinski definition) is 1. The summed E-state index contributed by atoms with van der Waals surface area (Å²) in [6.45, 7) is 4.14. The average molecular weight is 334 g/mol. The molecule has 0 atom stereocenters. The van der Waals surface area contributed by atoms with Gasteiger partial charge in [-0.2, -0.15) is 0 Å². The van der Waals surface area contributed by atoms with Crippen LogP contribution < -0.4 is 10.6 Å². The number of hydrogen-bond acceptors (Lipinski definition) is 4. The number of anilines is 1. The summed E-state index contributed by atoms with van der Waals surface area (Å²) in [4.78, 5) is 13.5. The fourth-order valence-electron chi connectivity index (χ4n) is 2.97. The molecule has 122 valence electrons. The van der Waals surface area contributed by atoms with Gasteiger partial charge < -0.3 is 10.6 Å². The van der Waals surface area contributed by atoms with Gasteiger partial charge in [0.25, 0.3) is 0 Å². The minimum absolute atomic E-state index is 0.0309. The van der Waals surface area contributed by atoms with Gasteiger partial charge in [0.2, 0.25) is 11.9 Å². The Morgan fingerprint density at radius 1 is 1.35 bits per heavy atom. The fourth-order valence-corrected chi connectivity index (χ4v) is 3.18. The van der Waals surface area contributed by atoms with Crippen LogP contribution in [0, 0.1) is 12.8 Å². The molecule has 0 aliphatic carbocycles. The Bertz CT molecular complexity index is 706. The van der Waals surface area contributed by atoms with E-state index < -0.39 is 0 Å². The van der Waals surface area contributed by atoms with E-state index in [-0.39, 0.29) is 11.8 Å². The lowest BCUT2D eigenvalue weighted by molar-refractivity contribution is -0.122. The molecule has 0 saturated carbocycles. The van der Waals surface area contributed by atoms with Gasteiger partial charge in [0.05, 0.1) is 6.54 Å².